The monoisotopic (exact) mass is 99.1 g/mol. The Morgan fingerprint density at radius 3 is 1.57 bits per heavy atom. The predicted molar refractivity (Wildman–Crippen MR) is 36.7 cm³/mol. The van der Waals surface area contributed by atoms with Crippen LogP contribution in [0.5, 0.6) is 0 Å². The van der Waals surface area contributed by atoms with Gasteiger partial charge < -0.3 is 5.32 Å². The lowest BCUT2D eigenvalue weighted by atomic mass is 10.2. The van der Waals surface area contributed by atoms with Gasteiger partial charge in [-0.25, -0.2) is 0 Å². The molecule has 0 radical (unpaired) electrons. The van der Waals surface area contributed by atoms with Gasteiger partial charge in [0.2, 0.25) is 0 Å². The second-order valence-corrected chi connectivity index (χ2v) is 1.81. The second-order valence-electron chi connectivity index (χ2n) is 1.81. The fraction of sp³-hybridized carbons (Fsp3) is 1.00. The lowest BCUT2D eigenvalue weighted by Gasteiger charge is -2.08. The minimum Gasteiger partial charge on any atom is -0.317 e. The summed E-state index contributed by atoms with van der Waals surface area (Å²) in [5, 5.41) is 3.28. The van der Waals surface area contributed by atoms with Crippen molar-refractivity contribution in [2.45, 2.75) is 19.3 Å². The lowest BCUT2D eigenvalue weighted by Crippen LogP contribution is -2.21. The van der Waals surface area contributed by atoms with Crippen molar-refractivity contribution in [1.82, 2.24) is 5.32 Å². The molecule has 1 rings (SSSR count). The smallest absolute Gasteiger partial charge is 0.0814 e. The molecule has 7 heavy (non-hydrogen) atoms. The molecule has 0 bridgehead atoms. The van der Waals surface area contributed by atoms with E-state index in [1.165, 1.54) is 32.4 Å². The summed E-state index contributed by atoms with van der Waals surface area (Å²) < 4.78 is 0. The molecule has 1 aliphatic heterocycles. The van der Waals surface area contributed by atoms with Crippen LogP contribution in [0.2, 0.25) is 0 Å². The van der Waals surface area contributed by atoms with Crippen LogP contribution < -0.4 is 5.32 Å². The Balaban J connectivity index is 0.000000360. The maximum absolute atomic E-state index is 3.28. The van der Waals surface area contributed by atoms with Crippen LogP contribution in [0.3, 0.4) is 0 Å². The van der Waals surface area contributed by atoms with Gasteiger partial charge in [-0.15, -0.1) is 0 Å². The van der Waals surface area contributed by atoms with Crippen LogP contribution in [0.15, 0.2) is 0 Å². The van der Waals surface area contributed by atoms with E-state index < -0.39 is 0 Å². The molecule has 1 aliphatic rings. The van der Waals surface area contributed by atoms with Crippen molar-refractivity contribution in [3.05, 3.63) is 0 Å². The largest absolute Gasteiger partial charge is 0.317 e. The number of nitrogens with one attached hydrogen (secondary N) is 1. The van der Waals surface area contributed by atoms with Crippen molar-refractivity contribution in [3.8, 4) is 0 Å². The van der Waals surface area contributed by atoms with Crippen LogP contribution in [-0.4, -0.2) is 21.5 Å². The highest BCUT2D eigenvalue weighted by Gasteiger charge is 1.93. The van der Waals surface area contributed by atoms with Crippen molar-refractivity contribution < 1.29 is 0 Å². The van der Waals surface area contributed by atoms with E-state index in [0.717, 1.165) is 0 Å². The highest BCUT2D eigenvalue weighted by molar-refractivity contribution is 5.75. The SMILES string of the molecule is B.C1CCNCC1. The first-order valence-electron chi connectivity index (χ1n) is 2.71. The van der Waals surface area contributed by atoms with E-state index >= 15 is 0 Å². The third-order valence-corrected chi connectivity index (χ3v) is 1.21. The standard InChI is InChI=1S/C5H11N.BH3/c1-2-4-6-5-3-1;/h6H,1-5H2;1H3. The fourth-order valence-electron chi connectivity index (χ4n) is 0.802. The molecular weight excluding hydrogens is 84.9 g/mol. The van der Waals surface area contributed by atoms with Gasteiger partial charge in [-0.05, 0) is 25.9 Å². The molecule has 1 N–H and O–H groups in total. The topological polar surface area (TPSA) is 12.0 Å². The zero-order chi connectivity index (χ0) is 4.24. The van der Waals surface area contributed by atoms with E-state index in [0.29, 0.717) is 0 Å². The third-order valence-electron chi connectivity index (χ3n) is 1.21. The van der Waals surface area contributed by atoms with Gasteiger partial charge in [0.25, 0.3) is 0 Å². The fourth-order valence-corrected chi connectivity index (χ4v) is 0.802. The summed E-state index contributed by atoms with van der Waals surface area (Å²) in [4.78, 5) is 0. The van der Waals surface area contributed by atoms with E-state index in [4.69, 9.17) is 0 Å². The summed E-state index contributed by atoms with van der Waals surface area (Å²) in [5.74, 6) is 0. The minimum atomic E-state index is 0. The number of hydrogen-bond donors (Lipinski definition) is 1. The summed E-state index contributed by atoms with van der Waals surface area (Å²) >= 11 is 0. The Morgan fingerprint density at radius 1 is 0.857 bits per heavy atom. The van der Waals surface area contributed by atoms with Crippen LogP contribution >= 0.6 is 0 Å². The number of rotatable bonds is 0. The average Bonchev–Trinajstić information content (AvgIpc) is 1.72. The Hall–Kier alpha value is 0.0249. The van der Waals surface area contributed by atoms with Gasteiger partial charge in [-0.2, -0.15) is 0 Å². The number of piperidine rings is 1. The van der Waals surface area contributed by atoms with Gasteiger partial charge in [-0.1, -0.05) is 6.42 Å². The van der Waals surface area contributed by atoms with Crippen molar-refractivity contribution in [2.75, 3.05) is 13.1 Å². The molecule has 0 spiro atoms. The summed E-state index contributed by atoms with van der Waals surface area (Å²) in [7, 11) is 0. The van der Waals surface area contributed by atoms with Crippen molar-refractivity contribution in [1.29, 1.82) is 0 Å². The highest BCUT2D eigenvalue weighted by atomic mass is 14.9. The average molecular weight is 99.0 g/mol. The quantitative estimate of drug-likeness (QED) is 0.406. The molecule has 0 amide bonds. The summed E-state index contributed by atoms with van der Waals surface area (Å²) in [6, 6.07) is 0. The molecule has 1 heterocycles. The maximum atomic E-state index is 3.28. The molecule has 1 saturated heterocycles. The molecule has 0 aromatic carbocycles. The molecule has 0 unspecified atom stereocenters. The maximum Gasteiger partial charge on any atom is 0.0814 e. The van der Waals surface area contributed by atoms with Crippen molar-refractivity contribution >= 4 is 8.41 Å². The van der Waals surface area contributed by atoms with E-state index in [2.05, 4.69) is 5.32 Å². The predicted octanol–water partition coefficient (Wildman–Crippen LogP) is -0.424. The van der Waals surface area contributed by atoms with Gasteiger partial charge in [-0.3, -0.25) is 0 Å². The number of hydrogen-bond acceptors (Lipinski definition) is 1. The van der Waals surface area contributed by atoms with Gasteiger partial charge in [0.15, 0.2) is 0 Å². The lowest BCUT2D eigenvalue weighted by molar-refractivity contribution is 0.520. The molecule has 0 aliphatic carbocycles. The Labute approximate surface area is 47.1 Å². The van der Waals surface area contributed by atoms with Gasteiger partial charge in [0.1, 0.15) is 0 Å². The molecule has 0 atom stereocenters. The van der Waals surface area contributed by atoms with E-state index in [1.807, 2.05) is 0 Å². The normalized spacial score (nSPS) is 20.6. The molecule has 1 fully saturated rings. The van der Waals surface area contributed by atoms with Crippen molar-refractivity contribution in [3.63, 3.8) is 0 Å². The first kappa shape index (κ1) is 7.02. The van der Waals surface area contributed by atoms with Gasteiger partial charge in [0.05, 0.1) is 8.41 Å². The molecule has 1 nitrogen and oxygen atoms in total. The Bertz CT molecular complexity index is 23.6. The summed E-state index contributed by atoms with van der Waals surface area (Å²) in [6.45, 7) is 2.50. The van der Waals surface area contributed by atoms with Crippen LogP contribution in [0.4, 0.5) is 0 Å². The van der Waals surface area contributed by atoms with E-state index in [9.17, 15) is 0 Å². The van der Waals surface area contributed by atoms with Crippen LogP contribution in [0.25, 0.3) is 0 Å². The molecule has 2 heteroatoms. The van der Waals surface area contributed by atoms with Crippen LogP contribution in [-0.2, 0) is 0 Å². The second kappa shape index (κ2) is 4.19. The van der Waals surface area contributed by atoms with Crippen molar-refractivity contribution in [2.24, 2.45) is 0 Å². The minimum absolute atomic E-state index is 0. The third kappa shape index (κ3) is 2.69. The zero-order valence-electron chi connectivity index (χ0n) is 4.04. The van der Waals surface area contributed by atoms with E-state index in [1.54, 1.807) is 0 Å². The summed E-state index contributed by atoms with van der Waals surface area (Å²) in [6.07, 6.45) is 4.22. The van der Waals surface area contributed by atoms with Gasteiger partial charge in [0, 0.05) is 0 Å². The summed E-state index contributed by atoms with van der Waals surface area (Å²) in [5.41, 5.74) is 0. The molecule has 0 aromatic rings. The first-order chi connectivity index (χ1) is 3.00. The molecule has 0 aromatic heterocycles. The Kier molecular flexibility index (Phi) is 4.21. The molecule has 42 valence electrons. The Morgan fingerprint density at radius 2 is 1.43 bits per heavy atom. The van der Waals surface area contributed by atoms with Gasteiger partial charge >= 0.3 is 0 Å². The molecule has 0 saturated carbocycles. The molecular formula is C5H14BN. The van der Waals surface area contributed by atoms with E-state index in [-0.39, 0.29) is 8.41 Å². The highest BCUT2D eigenvalue weighted by Crippen LogP contribution is 1.96. The zero-order valence-corrected chi connectivity index (χ0v) is 4.04. The first-order valence-corrected chi connectivity index (χ1v) is 2.71. The van der Waals surface area contributed by atoms with Crippen LogP contribution in [0.1, 0.15) is 19.3 Å². The van der Waals surface area contributed by atoms with Crippen LogP contribution in [0, 0.1) is 0 Å².